The number of nitrogens with one attached hydrogen (secondary N) is 1. The summed E-state index contributed by atoms with van der Waals surface area (Å²) in [6.45, 7) is 3.06. The third-order valence-electron chi connectivity index (χ3n) is 4.25. The number of ether oxygens (including phenoxy) is 1. The van der Waals surface area contributed by atoms with Crippen molar-refractivity contribution in [1.29, 1.82) is 0 Å². The van der Waals surface area contributed by atoms with Gasteiger partial charge in [0.2, 0.25) is 0 Å². The molecule has 114 valence electrons. The van der Waals surface area contributed by atoms with E-state index in [-0.39, 0.29) is 17.9 Å². The summed E-state index contributed by atoms with van der Waals surface area (Å²) in [5, 5.41) is 12.1. The predicted molar refractivity (Wildman–Crippen MR) is 73.5 cm³/mol. The molecule has 0 aromatic heterocycles. The predicted octanol–water partition coefficient (Wildman–Crippen LogP) is 1.31. The fraction of sp³-hybridized carbons (Fsp3) is 0.857. The average Bonchev–Trinajstić information content (AvgIpc) is 2.74. The van der Waals surface area contributed by atoms with E-state index in [4.69, 9.17) is 4.74 Å². The molecule has 1 heterocycles. The van der Waals surface area contributed by atoms with E-state index in [2.05, 4.69) is 5.32 Å². The first-order valence-electron chi connectivity index (χ1n) is 7.52. The normalized spacial score (nSPS) is 27.7. The Balaban J connectivity index is 1.80. The lowest BCUT2D eigenvalue weighted by Gasteiger charge is -2.29. The number of aliphatic carboxylic acids is 1. The molecule has 1 aliphatic heterocycles. The lowest BCUT2D eigenvalue weighted by atomic mass is 9.79. The second-order valence-corrected chi connectivity index (χ2v) is 5.63. The van der Waals surface area contributed by atoms with E-state index in [0.717, 1.165) is 32.1 Å². The van der Waals surface area contributed by atoms with Gasteiger partial charge in [-0.15, -0.1) is 0 Å². The van der Waals surface area contributed by atoms with Gasteiger partial charge in [-0.05, 0) is 25.2 Å². The highest BCUT2D eigenvalue weighted by atomic mass is 16.5. The van der Waals surface area contributed by atoms with Gasteiger partial charge in [0.25, 0.3) is 0 Å². The first kappa shape index (κ1) is 15.1. The van der Waals surface area contributed by atoms with Crippen molar-refractivity contribution in [2.45, 2.75) is 32.1 Å². The molecule has 1 aliphatic carbocycles. The zero-order valence-electron chi connectivity index (χ0n) is 11.8. The zero-order chi connectivity index (χ0) is 14.4. The number of carbonyl (C=O) groups excluding carboxylic acids is 1. The molecule has 0 radical (unpaired) electrons. The van der Waals surface area contributed by atoms with E-state index in [1.54, 1.807) is 4.90 Å². The molecule has 2 rings (SSSR count). The Labute approximate surface area is 119 Å². The van der Waals surface area contributed by atoms with Gasteiger partial charge in [0, 0.05) is 26.2 Å². The molecule has 2 N–H and O–H groups in total. The van der Waals surface area contributed by atoms with Crippen molar-refractivity contribution in [3.05, 3.63) is 0 Å². The summed E-state index contributed by atoms with van der Waals surface area (Å²) in [6.07, 6.45) is 4.51. The molecule has 20 heavy (non-hydrogen) atoms. The van der Waals surface area contributed by atoms with Gasteiger partial charge in [-0.25, -0.2) is 4.79 Å². The Morgan fingerprint density at radius 3 is 2.75 bits per heavy atom. The summed E-state index contributed by atoms with van der Waals surface area (Å²) in [4.78, 5) is 25.1. The smallest absolute Gasteiger partial charge is 0.317 e. The highest BCUT2D eigenvalue weighted by Crippen LogP contribution is 2.29. The summed E-state index contributed by atoms with van der Waals surface area (Å²) in [5.74, 6) is -0.975. The third kappa shape index (κ3) is 4.10. The molecule has 2 fully saturated rings. The molecule has 0 bridgehead atoms. The molecule has 0 aromatic carbocycles. The van der Waals surface area contributed by atoms with Gasteiger partial charge in [0.05, 0.1) is 12.5 Å². The Bertz CT molecular complexity index is 340. The highest BCUT2D eigenvalue weighted by Gasteiger charge is 2.31. The number of urea groups is 1. The summed E-state index contributed by atoms with van der Waals surface area (Å²) in [5.41, 5.74) is 0. The number of carbonyl (C=O) groups is 2. The SMILES string of the molecule is O=C(O)C1CCCCC1CNC(=O)N1CCCOCC1. The monoisotopic (exact) mass is 284 g/mol. The van der Waals surface area contributed by atoms with Gasteiger partial charge in [-0.2, -0.15) is 0 Å². The van der Waals surface area contributed by atoms with Crippen molar-refractivity contribution in [3.8, 4) is 0 Å². The number of hydrogen-bond acceptors (Lipinski definition) is 3. The topological polar surface area (TPSA) is 78.9 Å². The average molecular weight is 284 g/mol. The number of nitrogens with zero attached hydrogens (tertiary/aromatic N) is 1. The summed E-state index contributed by atoms with van der Waals surface area (Å²) in [7, 11) is 0. The van der Waals surface area contributed by atoms with Crippen LogP contribution in [0.25, 0.3) is 0 Å². The van der Waals surface area contributed by atoms with Gasteiger partial charge in [-0.3, -0.25) is 4.79 Å². The zero-order valence-corrected chi connectivity index (χ0v) is 11.8. The van der Waals surface area contributed by atoms with Crippen LogP contribution in [0.3, 0.4) is 0 Å². The van der Waals surface area contributed by atoms with Gasteiger partial charge in [0.1, 0.15) is 0 Å². The Kier molecular flexibility index (Phi) is 5.64. The Hall–Kier alpha value is -1.30. The molecule has 1 saturated heterocycles. The number of rotatable bonds is 3. The lowest BCUT2D eigenvalue weighted by molar-refractivity contribution is -0.144. The lowest BCUT2D eigenvalue weighted by Crippen LogP contribution is -2.45. The van der Waals surface area contributed by atoms with Crippen LogP contribution in [-0.2, 0) is 9.53 Å². The van der Waals surface area contributed by atoms with E-state index >= 15 is 0 Å². The van der Waals surface area contributed by atoms with Crippen LogP contribution >= 0.6 is 0 Å². The van der Waals surface area contributed by atoms with Crippen LogP contribution in [-0.4, -0.2) is 54.9 Å². The van der Waals surface area contributed by atoms with Crippen molar-refractivity contribution in [3.63, 3.8) is 0 Å². The van der Waals surface area contributed by atoms with Gasteiger partial charge in [0.15, 0.2) is 0 Å². The molecule has 2 amide bonds. The van der Waals surface area contributed by atoms with Crippen LogP contribution in [0.1, 0.15) is 32.1 Å². The maximum atomic E-state index is 12.1. The van der Waals surface area contributed by atoms with Crippen LogP contribution in [0.15, 0.2) is 0 Å². The largest absolute Gasteiger partial charge is 0.481 e. The standard InChI is InChI=1S/C14H24N2O4/c17-13(18)12-5-2-1-4-11(12)10-15-14(19)16-6-3-8-20-9-7-16/h11-12H,1-10H2,(H,15,19)(H,17,18). The van der Waals surface area contributed by atoms with Crippen molar-refractivity contribution in [2.24, 2.45) is 11.8 Å². The molecule has 6 nitrogen and oxygen atoms in total. The van der Waals surface area contributed by atoms with Crippen molar-refractivity contribution in [2.75, 3.05) is 32.8 Å². The molecule has 0 spiro atoms. The Morgan fingerprint density at radius 1 is 1.15 bits per heavy atom. The number of carboxylic acid groups (broad SMARTS) is 1. The molecular weight excluding hydrogens is 260 g/mol. The molecule has 2 unspecified atom stereocenters. The number of carboxylic acids is 1. The minimum Gasteiger partial charge on any atom is -0.481 e. The molecule has 0 aromatic rings. The number of hydrogen-bond donors (Lipinski definition) is 2. The van der Waals surface area contributed by atoms with Crippen LogP contribution in [0.5, 0.6) is 0 Å². The quantitative estimate of drug-likeness (QED) is 0.819. The van der Waals surface area contributed by atoms with E-state index in [0.29, 0.717) is 32.8 Å². The Morgan fingerprint density at radius 2 is 1.95 bits per heavy atom. The molecule has 2 atom stereocenters. The fourth-order valence-electron chi connectivity index (χ4n) is 3.06. The van der Waals surface area contributed by atoms with E-state index in [1.807, 2.05) is 0 Å². The summed E-state index contributed by atoms with van der Waals surface area (Å²) in [6, 6.07) is -0.0924. The third-order valence-corrected chi connectivity index (χ3v) is 4.25. The highest BCUT2D eigenvalue weighted by molar-refractivity contribution is 5.74. The first-order valence-corrected chi connectivity index (χ1v) is 7.52. The summed E-state index contributed by atoms with van der Waals surface area (Å²) < 4.78 is 5.32. The fourth-order valence-corrected chi connectivity index (χ4v) is 3.06. The molecule has 6 heteroatoms. The maximum Gasteiger partial charge on any atom is 0.317 e. The minimum absolute atomic E-state index is 0.0634. The molecular formula is C14H24N2O4. The second-order valence-electron chi connectivity index (χ2n) is 5.63. The second kappa shape index (κ2) is 7.47. The minimum atomic E-state index is -0.730. The molecule has 1 saturated carbocycles. The van der Waals surface area contributed by atoms with Crippen LogP contribution in [0, 0.1) is 11.8 Å². The summed E-state index contributed by atoms with van der Waals surface area (Å²) >= 11 is 0. The van der Waals surface area contributed by atoms with E-state index in [9.17, 15) is 14.7 Å². The van der Waals surface area contributed by atoms with E-state index in [1.165, 1.54) is 0 Å². The maximum absolute atomic E-state index is 12.1. The van der Waals surface area contributed by atoms with E-state index < -0.39 is 5.97 Å². The van der Waals surface area contributed by atoms with Crippen molar-refractivity contribution in [1.82, 2.24) is 10.2 Å². The first-order chi connectivity index (χ1) is 9.68. The van der Waals surface area contributed by atoms with Crippen LogP contribution < -0.4 is 5.32 Å². The van der Waals surface area contributed by atoms with Gasteiger partial charge in [-0.1, -0.05) is 12.8 Å². The van der Waals surface area contributed by atoms with Gasteiger partial charge >= 0.3 is 12.0 Å². The van der Waals surface area contributed by atoms with Crippen molar-refractivity contribution >= 4 is 12.0 Å². The number of amides is 2. The van der Waals surface area contributed by atoms with Gasteiger partial charge < -0.3 is 20.1 Å². The van der Waals surface area contributed by atoms with Crippen LogP contribution in [0.4, 0.5) is 4.79 Å². The van der Waals surface area contributed by atoms with Crippen molar-refractivity contribution < 1.29 is 19.4 Å². The molecule has 2 aliphatic rings. The van der Waals surface area contributed by atoms with Crippen LogP contribution in [0.2, 0.25) is 0 Å².